The van der Waals surface area contributed by atoms with E-state index >= 15 is 0 Å². The number of piperidine rings is 1. The number of hydrogen-bond acceptors (Lipinski definition) is 5. The largest absolute Gasteiger partial charge is 0.544 e. The zero-order chi connectivity index (χ0) is 17.7. The molecule has 1 aliphatic rings. The van der Waals surface area contributed by atoms with Crippen molar-refractivity contribution in [1.82, 2.24) is 0 Å². The van der Waals surface area contributed by atoms with Crippen LogP contribution in [0.1, 0.15) is 25.7 Å². The Kier molecular flexibility index (Phi) is 6.10. The molecule has 1 fully saturated rings. The number of quaternary nitrogens is 1. The predicted molar refractivity (Wildman–Crippen MR) is 84.7 cm³/mol. The molecule has 2 N–H and O–H groups in total. The molecule has 0 bridgehead atoms. The molecule has 0 unspecified atom stereocenters. The minimum absolute atomic E-state index is 0.0848. The molecule has 0 aromatic heterocycles. The second-order valence-corrected chi connectivity index (χ2v) is 6.17. The summed E-state index contributed by atoms with van der Waals surface area (Å²) in [6.07, 6.45) is 2.62. The molecule has 9 heteroatoms. The Morgan fingerprint density at radius 1 is 1.29 bits per heavy atom. The molecule has 1 aliphatic heterocycles. The number of likely N-dealkylation sites (tertiary alicyclic amines) is 1. The van der Waals surface area contributed by atoms with Gasteiger partial charge in [-0.05, 0) is 25.3 Å². The van der Waals surface area contributed by atoms with Crippen molar-refractivity contribution in [3.8, 4) is 0 Å². The number of amides is 1. The zero-order valence-corrected chi connectivity index (χ0v) is 13.7. The van der Waals surface area contributed by atoms with Crippen LogP contribution in [-0.4, -0.2) is 35.9 Å². The molecule has 2 rings (SSSR count). The van der Waals surface area contributed by atoms with E-state index in [1.165, 1.54) is 12.1 Å². The maximum atomic E-state index is 12.2. The fourth-order valence-corrected chi connectivity index (χ4v) is 3.02. The third-order valence-corrected chi connectivity index (χ3v) is 4.43. The van der Waals surface area contributed by atoms with E-state index in [0.29, 0.717) is 13.1 Å². The van der Waals surface area contributed by atoms with Gasteiger partial charge >= 0.3 is 0 Å². The van der Waals surface area contributed by atoms with Crippen molar-refractivity contribution in [2.75, 3.05) is 18.4 Å². The van der Waals surface area contributed by atoms with Gasteiger partial charge in [0.05, 0.1) is 41.1 Å². The lowest BCUT2D eigenvalue weighted by atomic mass is 10.1. The summed E-state index contributed by atoms with van der Waals surface area (Å²) in [6.45, 7) is 1.37. The van der Waals surface area contributed by atoms with Gasteiger partial charge in [-0.15, -0.1) is 0 Å². The highest BCUT2D eigenvalue weighted by Gasteiger charge is 2.28. The van der Waals surface area contributed by atoms with Crippen molar-refractivity contribution in [3.05, 3.63) is 33.3 Å². The highest BCUT2D eigenvalue weighted by atomic mass is 35.5. The van der Waals surface area contributed by atoms with Crippen molar-refractivity contribution in [2.24, 2.45) is 0 Å². The van der Waals surface area contributed by atoms with E-state index in [4.69, 9.17) is 11.6 Å². The minimum Gasteiger partial charge on any atom is -0.544 e. The number of carboxylic acid groups (broad SMARTS) is 1. The quantitative estimate of drug-likeness (QED) is 0.539. The van der Waals surface area contributed by atoms with Gasteiger partial charge in [0.1, 0.15) is 6.04 Å². The molecule has 0 saturated carbocycles. The van der Waals surface area contributed by atoms with E-state index in [1.807, 2.05) is 0 Å². The fourth-order valence-electron chi connectivity index (χ4n) is 2.86. The van der Waals surface area contributed by atoms with Crippen LogP contribution in [0.5, 0.6) is 0 Å². The predicted octanol–water partition coefficient (Wildman–Crippen LogP) is -0.236. The van der Waals surface area contributed by atoms with E-state index in [9.17, 15) is 24.8 Å². The smallest absolute Gasteiger partial charge is 0.271 e. The van der Waals surface area contributed by atoms with Crippen LogP contribution < -0.4 is 15.3 Å². The average Bonchev–Trinajstić information content (AvgIpc) is 2.55. The Balaban J connectivity index is 2.06. The SMILES string of the molecule is O=C(C[C@H](C(=O)[O-])[NH+]1CCCCC1)Nc1cc([N+](=O)[O-])ccc1Cl. The second-order valence-electron chi connectivity index (χ2n) is 5.76. The van der Waals surface area contributed by atoms with E-state index in [0.717, 1.165) is 30.2 Å². The molecular formula is C15H18ClN3O5. The number of nitrogens with zero attached hydrogens (tertiary/aromatic N) is 1. The summed E-state index contributed by atoms with van der Waals surface area (Å²) in [5, 5.41) is 24.7. The Hall–Kier alpha value is -2.19. The topological polar surface area (TPSA) is 117 Å². The number of hydrogen-bond donors (Lipinski definition) is 2. The average molecular weight is 356 g/mol. The van der Waals surface area contributed by atoms with E-state index in [2.05, 4.69) is 5.32 Å². The van der Waals surface area contributed by atoms with Crippen LogP contribution in [0.25, 0.3) is 0 Å². The third-order valence-electron chi connectivity index (χ3n) is 4.10. The number of carboxylic acids is 1. The van der Waals surface area contributed by atoms with Crippen molar-refractivity contribution in [2.45, 2.75) is 31.7 Å². The first kappa shape index (κ1) is 18.2. The number of rotatable bonds is 6. The second kappa shape index (κ2) is 8.07. The molecule has 0 radical (unpaired) electrons. The van der Waals surface area contributed by atoms with Crippen molar-refractivity contribution in [1.29, 1.82) is 0 Å². The molecular weight excluding hydrogens is 338 g/mol. The number of non-ortho nitro benzene ring substituents is 1. The van der Waals surface area contributed by atoms with Crippen LogP contribution in [0.4, 0.5) is 11.4 Å². The number of aliphatic carboxylic acids is 1. The van der Waals surface area contributed by atoms with E-state index in [1.54, 1.807) is 0 Å². The maximum Gasteiger partial charge on any atom is 0.271 e. The van der Waals surface area contributed by atoms with Gasteiger partial charge in [0.25, 0.3) is 5.69 Å². The summed E-state index contributed by atoms with van der Waals surface area (Å²) in [7, 11) is 0. The summed E-state index contributed by atoms with van der Waals surface area (Å²) in [5.74, 6) is -1.84. The van der Waals surface area contributed by atoms with Crippen molar-refractivity contribution >= 4 is 34.9 Å². The number of carbonyl (C=O) groups is 2. The van der Waals surface area contributed by atoms with Crippen molar-refractivity contribution < 1.29 is 24.5 Å². The van der Waals surface area contributed by atoms with Crippen LogP contribution in [0, 0.1) is 10.1 Å². The van der Waals surface area contributed by atoms with Crippen molar-refractivity contribution in [3.63, 3.8) is 0 Å². The maximum absolute atomic E-state index is 12.2. The molecule has 0 spiro atoms. The third kappa shape index (κ3) is 4.65. The highest BCUT2D eigenvalue weighted by Crippen LogP contribution is 2.26. The van der Waals surface area contributed by atoms with Gasteiger partial charge in [-0.2, -0.15) is 0 Å². The lowest BCUT2D eigenvalue weighted by Gasteiger charge is -2.31. The van der Waals surface area contributed by atoms with Gasteiger partial charge in [-0.1, -0.05) is 11.6 Å². The molecule has 1 heterocycles. The van der Waals surface area contributed by atoms with Gasteiger partial charge < -0.3 is 20.1 Å². The zero-order valence-electron chi connectivity index (χ0n) is 12.9. The first-order valence-corrected chi connectivity index (χ1v) is 8.05. The Morgan fingerprint density at radius 3 is 2.54 bits per heavy atom. The van der Waals surface area contributed by atoms with Crippen LogP contribution in [0.3, 0.4) is 0 Å². The number of nitrogens with one attached hydrogen (secondary N) is 2. The van der Waals surface area contributed by atoms with Crippen LogP contribution in [-0.2, 0) is 9.59 Å². The van der Waals surface area contributed by atoms with Gasteiger partial charge in [-0.25, -0.2) is 0 Å². The molecule has 130 valence electrons. The molecule has 8 nitrogen and oxygen atoms in total. The number of anilines is 1. The summed E-state index contributed by atoms with van der Waals surface area (Å²) >= 11 is 5.92. The number of benzene rings is 1. The van der Waals surface area contributed by atoms with Crippen LogP contribution in [0.15, 0.2) is 18.2 Å². The molecule has 1 amide bonds. The van der Waals surface area contributed by atoms with E-state index in [-0.39, 0.29) is 22.8 Å². The van der Waals surface area contributed by atoms with Gasteiger partial charge in [0.2, 0.25) is 5.91 Å². The summed E-state index contributed by atoms with van der Waals surface area (Å²) in [4.78, 5) is 34.5. The van der Waals surface area contributed by atoms with Gasteiger partial charge in [0, 0.05) is 12.1 Å². The number of halogens is 1. The fraction of sp³-hybridized carbons (Fsp3) is 0.467. The number of nitro groups is 1. The molecule has 1 saturated heterocycles. The monoisotopic (exact) mass is 355 g/mol. The summed E-state index contributed by atoms with van der Waals surface area (Å²) < 4.78 is 0. The summed E-state index contributed by atoms with van der Waals surface area (Å²) in [6, 6.07) is 2.73. The lowest BCUT2D eigenvalue weighted by molar-refractivity contribution is -0.922. The van der Waals surface area contributed by atoms with Crippen LogP contribution in [0.2, 0.25) is 5.02 Å². The Bertz CT molecular complexity index is 646. The summed E-state index contributed by atoms with van der Waals surface area (Å²) in [5.41, 5.74) is -0.130. The van der Waals surface area contributed by atoms with Gasteiger partial charge in [-0.3, -0.25) is 14.9 Å². The standard InChI is InChI=1S/C15H18ClN3O5/c16-11-5-4-10(19(23)24)8-12(11)17-14(20)9-13(15(21)22)18-6-2-1-3-7-18/h4-5,8,13H,1-3,6-7,9H2,(H,17,20)(H,21,22)/t13-/m1/s1. The first-order valence-electron chi connectivity index (χ1n) is 7.67. The molecule has 1 aromatic rings. The van der Waals surface area contributed by atoms with E-state index < -0.39 is 22.8 Å². The Labute approximate surface area is 143 Å². The molecule has 1 aromatic carbocycles. The number of nitro benzene ring substituents is 1. The van der Waals surface area contributed by atoms with Gasteiger partial charge in [0.15, 0.2) is 0 Å². The molecule has 1 atom stereocenters. The Morgan fingerprint density at radius 2 is 1.96 bits per heavy atom. The number of carbonyl (C=O) groups excluding carboxylic acids is 2. The lowest BCUT2D eigenvalue weighted by Crippen LogP contribution is -3.18. The normalized spacial score (nSPS) is 16.4. The first-order chi connectivity index (χ1) is 11.4. The molecule has 0 aliphatic carbocycles. The molecule has 24 heavy (non-hydrogen) atoms. The van der Waals surface area contributed by atoms with Crippen LogP contribution >= 0.6 is 11.6 Å². The highest BCUT2D eigenvalue weighted by molar-refractivity contribution is 6.33. The minimum atomic E-state index is -1.27.